The minimum Gasteiger partial charge on any atom is -0.485 e. The van der Waals surface area contributed by atoms with Crippen LogP contribution >= 0.6 is 11.6 Å². The molecule has 0 atom stereocenters. The van der Waals surface area contributed by atoms with Gasteiger partial charge in [0.1, 0.15) is 25.3 Å². The molecule has 2 amide bonds. The van der Waals surface area contributed by atoms with Crippen molar-refractivity contribution < 1.29 is 31.9 Å². The number of piperidine rings is 1. The largest absolute Gasteiger partial charge is 0.485 e. The molecule has 3 aromatic heterocycles. The van der Waals surface area contributed by atoms with Crippen LogP contribution in [0.25, 0.3) is 22.7 Å². The summed E-state index contributed by atoms with van der Waals surface area (Å²) >= 11 is 6.20. The lowest BCUT2D eigenvalue weighted by Gasteiger charge is -2.38. The molecule has 2 saturated heterocycles. The van der Waals surface area contributed by atoms with E-state index < -0.39 is 41.0 Å². The van der Waals surface area contributed by atoms with Crippen LogP contribution in [0.5, 0.6) is 5.75 Å². The van der Waals surface area contributed by atoms with Crippen LogP contribution in [-0.4, -0.2) is 76.9 Å². The summed E-state index contributed by atoms with van der Waals surface area (Å²) in [4.78, 5) is 59.8. The van der Waals surface area contributed by atoms with Gasteiger partial charge in [-0.25, -0.2) is 14.4 Å². The molecular formula is C45H40ClF4N9O4. The molecule has 3 aliphatic rings. The molecule has 0 unspecified atom stereocenters. The van der Waals surface area contributed by atoms with Gasteiger partial charge in [-0.15, -0.1) is 5.10 Å². The van der Waals surface area contributed by atoms with Crippen molar-refractivity contribution in [3.8, 4) is 17.1 Å². The number of nitrogens with zero attached hydrogens (tertiary/aromatic N) is 8. The minimum absolute atomic E-state index is 0.0500. The zero-order valence-electron chi connectivity index (χ0n) is 34.2. The smallest absolute Gasteiger partial charge is 0.416 e. The van der Waals surface area contributed by atoms with Crippen molar-refractivity contribution >= 4 is 40.5 Å². The topological polar surface area (TPSA) is 140 Å². The van der Waals surface area contributed by atoms with Gasteiger partial charge in [0.25, 0.3) is 11.5 Å². The number of carbonyl (C=O) groups is 2. The fourth-order valence-corrected chi connectivity index (χ4v) is 8.89. The summed E-state index contributed by atoms with van der Waals surface area (Å²) in [6.07, 6.45) is 0.349. The molecule has 1 aliphatic carbocycles. The number of halogens is 5. The molecule has 0 radical (unpaired) electrons. The van der Waals surface area contributed by atoms with E-state index in [-0.39, 0.29) is 64.9 Å². The maximum Gasteiger partial charge on any atom is 0.416 e. The highest BCUT2D eigenvalue weighted by Gasteiger charge is 2.46. The Labute approximate surface area is 363 Å². The van der Waals surface area contributed by atoms with Crippen molar-refractivity contribution in [2.45, 2.75) is 64.4 Å². The van der Waals surface area contributed by atoms with Crippen LogP contribution in [0.3, 0.4) is 0 Å². The van der Waals surface area contributed by atoms with E-state index >= 15 is 4.39 Å². The number of aryl methyl sites for hydroxylation is 1. The van der Waals surface area contributed by atoms with Crippen molar-refractivity contribution in [3.63, 3.8) is 0 Å². The molecule has 18 heteroatoms. The lowest BCUT2D eigenvalue weighted by Crippen LogP contribution is -2.46. The summed E-state index contributed by atoms with van der Waals surface area (Å²) in [5.41, 5.74) is 1.27. The van der Waals surface area contributed by atoms with Gasteiger partial charge in [0.2, 0.25) is 11.7 Å². The minimum atomic E-state index is -4.65. The summed E-state index contributed by atoms with van der Waals surface area (Å²) in [6, 6.07) is 16.9. The Morgan fingerprint density at radius 2 is 1.71 bits per heavy atom. The number of alkyl halides is 3. The summed E-state index contributed by atoms with van der Waals surface area (Å²) in [5, 5.41) is 6.79. The van der Waals surface area contributed by atoms with Gasteiger partial charge in [0, 0.05) is 25.0 Å². The molecule has 0 bridgehead atoms. The first kappa shape index (κ1) is 41.9. The van der Waals surface area contributed by atoms with Crippen LogP contribution in [0.2, 0.25) is 5.02 Å². The van der Waals surface area contributed by atoms with Gasteiger partial charge in [0.15, 0.2) is 17.3 Å². The number of hydrogen-bond donors (Lipinski definition) is 1. The highest BCUT2D eigenvalue weighted by Crippen LogP contribution is 2.46. The molecule has 3 aromatic carbocycles. The van der Waals surface area contributed by atoms with Crippen molar-refractivity contribution in [1.82, 2.24) is 38.9 Å². The normalized spacial score (nSPS) is 15.9. The van der Waals surface area contributed by atoms with Crippen LogP contribution in [0, 0.1) is 12.7 Å². The second-order valence-electron chi connectivity index (χ2n) is 16.1. The third-order valence-corrected chi connectivity index (χ3v) is 12.3. The standard InChI is InChI=1S/C45H40ClF4N9O4/c1-26-21-44(13-17-57(18-14-44)42(62)37-39(27(2)51-25-52-37)63-24-28-7-4-3-5-8-28)36-38(26)58(23-35(60)53-34-12-10-30(20-32(34)46)45(48,49)50)43-54-40(55-59(43)41(36)61)31-11-9-29(19-33(31)47)22-56-15-6-16-56/h3-5,7-12,19-21,25H,6,13-18,22-24H2,1-2H3,(H,53,60). The van der Waals surface area contributed by atoms with Gasteiger partial charge in [-0.1, -0.05) is 54.1 Å². The third-order valence-electron chi connectivity index (χ3n) is 12.0. The zero-order chi connectivity index (χ0) is 44.2. The van der Waals surface area contributed by atoms with Crippen molar-refractivity contribution in [2.75, 3.05) is 31.5 Å². The number of benzene rings is 3. The quantitative estimate of drug-likeness (QED) is 0.139. The molecule has 63 heavy (non-hydrogen) atoms. The van der Waals surface area contributed by atoms with Crippen LogP contribution in [0.4, 0.5) is 23.2 Å². The Bertz CT molecular complexity index is 2890. The Morgan fingerprint density at radius 3 is 2.40 bits per heavy atom. The van der Waals surface area contributed by atoms with E-state index in [9.17, 15) is 27.6 Å². The first-order valence-electron chi connectivity index (χ1n) is 20.4. The van der Waals surface area contributed by atoms with Gasteiger partial charge in [0.05, 0.1) is 38.8 Å². The number of amides is 2. The number of rotatable bonds is 10. The average Bonchev–Trinajstić information content (AvgIpc) is 3.80. The molecule has 13 nitrogen and oxygen atoms in total. The van der Waals surface area contributed by atoms with Gasteiger partial charge in [-0.3, -0.25) is 19.3 Å². The van der Waals surface area contributed by atoms with Gasteiger partial charge in [-0.05, 0) is 93.2 Å². The van der Waals surface area contributed by atoms with Gasteiger partial charge in [-0.2, -0.15) is 22.7 Å². The molecule has 324 valence electrons. The van der Waals surface area contributed by atoms with Crippen LogP contribution in [0.15, 0.2) is 83.9 Å². The maximum absolute atomic E-state index is 15.8. The number of likely N-dealkylation sites (tertiary alicyclic amines) is 2. The molecule has 1 N–H and O–H groups in total. The molecule has 2 fully saturated rings. The fraction of sp³-hybridized carbons (Fsp3) is 0.311. The summed E-state index contributed by atoms with van der Waals surface area (Å²) < 4.78 is 64.6. The number of nitrogens with one attached hydrogen (secondary N) is 1. The Balaban J connectivity index is 1.05. The molecule has 0 saturated carbocycles. The Hall–Kier alpha value is -6.46. The van der Waals surface area contributed by atoms with Gasteiger partial charge < -0.3 is 19.5 Å². The van der Waals surface area contributed by atoms with E-state index in [1.165, 1.54) is 17.0 Å². The third kappa shape index (κ3) is 7.95. The predicted molar refractivity (Wildman–Crippen MR) is 226 cm³/mol. The van der Waals surface area contributed by atoms with Crippen LogP contribution < -0.4 is 15.6 Å². The van der Waals surface area contributed by atoms with Gasteiger partial charge >= 0.3 is 6.18 Å². The van der Waals surface area contributed by atoms with E-state index in [4.69, 9.17) is 16.3 Å². The number of carbonyl (C=O) groups excluding carboxylic acids is 2. The number of ether oxygens (including phenoxy) is 1. The van der Waals surface area contributed by atoms with E-state index in [0.717, 1.165) is 53.4 Å². The predicted octanol–water partition coefficient (Wildman–Crippen LogP) is 7.48. The van der Waals surface area contributed by atoms with E-state index in [1.54, 1.807) is 30.9 Å². The Morgan fingerprint density at radius 1 is 0.952 bits per heavy atom. The zero-order valence-corrected chi connectivity index (χ0v) is 34.9. The molecule has 5 heterocycles. The van der Waals surface area contributed by atoms with Crippen molar-refractivity contribution in [1.29, 1.82) is 0 Å². The summed E-state index contributed by atoms with van der Waals surface area (Å²) in [6.45, 7) is 6.19. The van der Waals surface area contributed by atoms with E-state index in [1.807, 2.05) is 36.4 Å². The monoisotopic (exact) mass is 881 g/mol. The molecule has 9 rings (SSSR count). The first-order chi connectivity index (χ1) is 30.2. The highest BCUT2D eigenvalue weighted by atomic mass is 35.5. The van der Waals surface area contributed by atoms with Crippen LogP contribution in [-0.2, 0) is 36.1 Å². The lowest BCUT2D eigenvalue weighted by atomic mass is 9.75. The SMILES string of the molecule is CC1=CC2(CCN(C(=O)c3ncnc(C)c3OCc3ccccc3)CC2)c2c1n(CC(=O)Nc1ccc(C(F)(F)F)cc1Cl)c1nc(-c3ccc(CN4CCC4)cc3F)nn1c2=O. The molecular weight excluding hydrogens is 842 g/mol. The Kier molecular flexibility index (Phi) is 10.9. The van der Waals surface area contributed by atoms with Crippen LogP contribution in [0.1, 0.15) is 70.3 Å². The number of aromatic nitrogens is 6. The van der Waals surface area contributed by atoms with E-state index in [0.29, 0.717) is 41.9 Å². The van der Waals surface area contributed by atoms with Crippen molar-refractivity contribution in [2.24, 2.45) is 0 Å². The van der Waals surface area contributed by atoms with Crippen molar-refractivity contribution in [3.05, 3.63) is 140 Å². The number of hydrogen-bond acceptors (Lipinski definition) is 9. The summed E-state index contributed by atoms with van der Waals surface area (Å²) in [7, 11) is 0. The second kappa shape index (κ2) is 16.3. The maximum atomic E-state index is 15.8. The summed E-state index contributed by atoms with van der Waals surface area (Å²) in [5.74, 6) is -1.48. The number of fused-ring (bicyclic) bond motifs is 3. The second-order valence-corrected chi connectivity index (χ2v) is 16.5. The molecule has 1 spiro atoms. The first-order valence-corrected chi connectivity index (χ1v) is 20.8. The number of anilines is 1. The fourth-order valence-electron chi connectivity index (χ4n) is 8.67. The highest BCUT2D eigenvalue weighted by molar-refractivity contribution is 6.33. The lowest BCUT2D eigenvalue weighted by molar-refractivity contribution is -0.137. The molecule has 6 aromatic rings. The molecule has 2 aliphatic heterocycles. The number of allylic oxidation sites excluding steroid dienone is 2. The van der Waals surface area contributed by atoms with E-state index in [2.05, 4.69) is 30.3 Å². The average molecular weight is 882 g/mol.